The molecule has 2 heterocycles. The first-order valence-corrected chi connectivity index (χ1v) is 9.34. The van der Waals surface area contributed by atoms with Crippen molar-refractivity contribution in [2.24, 2.45) is 0 Å². The second kappa shape index (κ2) is 6.84. The molecule has 132 valence electrons. The molecule has 0 radical (unpaired) electrons. The average molecular weight is 365 g/mol. The second-order valence-corrected chi connectivity index (χ2v) is 7.44. The molecule has 1 amide bonds. The van der Waals surface area contributed by atoms with Gasteiger partial charge in [-0.05, 0) is 30.5 Å². The van der Waals surface area contributed by atoms with Crippen LogP contribution in [0.3, 0.4) is 0 Å². The van der Waals surface area contributed by atoms with Crippen LogP contribution in [0.1, 0.15) is 28.8 Å². The lowest BCUT2D eigenvalue weighted by molar-refractivity contribution is 0.102. The smallest absolute Gasteiger partial charge is 0.259 e. The Balaban J connectivity index is 1.43. The number of carbonyl (C=O) groups is 1. The molecule has 0 atom stereocenters. The maximum atomic E-state index is 12.2. The van der Waals surface area contributed by atoms with E-state index in [-0.39, 0.29) is 11.3 Å². The van der Waals surface area contributed by atoms with Gasteiger partial charge in [0.1, 0.15) is 11.3 Å². The molecular weight excluding hydrogens is 346 g/mol. The zero-order chi connectivity index (χ0) is 18.0. The molecule has 0 saturated heterocycles. The van der Waals surface area contributed by atoms with E-state index < -0.39 is 0 Å². The van der Waals surface area contributed by atoms with E-state index in [0.717, 1.165) is 12.4 Å². The van der Waals surface area contributed by atoms with Crippen molar-refractivity contribution in [1.29, 1.82) is 0 Å². The van der Waals surface area contributed by atoms with Crippen molar-refractivity contribution in [2.45, 2.75) is 18.3 Å². The van der Waals surface area contributed by atoms with E-state index in [1.165, 1.54) is 29.7 Å². The highest BCUT2D eigenvalue weighted by Gasteiger charge is 2.45. The SMILES string of the molecule is CN(CC1(c2ccccc2)CC1)c1ccc(C(=O)Nc2nncs2)cn1. The summed E-state index contributed by atoms with van der Waals surface area (Å²) in [5, 5.41) is 10.7. The molecule has 7 heteroatoms. The summed E-state index contributed by atoms with van der Waals surface area (Å²) in [6.07, 6.45) is 4.00. The van der Waals surface area contributed by atoms with Crippen LogP contribution < -0.4 is 10.2 Å². The first-order valence-electron chi connectivity index (χ1n) is 8.47. The van der Waals surface area contributed by atoms with Crippen molar-refractivity contribution in [2.75, 3.05) is 23.8 Å². The molecule has 3 aromatic rings. The van der Waals surface area contributed by atoms with Crippen LogP contribution in [0.15, 0.2) is 54.2 Å². The average Bonchev–Trinajstić information content (AvgIpc) is 3.28. The number of nitrogens with one attached hydrogen (secondary N) is 1. The van der Waals surface area contributed by atoms with Crippen LogP contribution >= 0.6 is 11.3 Å². The van der Waals surface area contributed by atoms with Crippen molar-refractivity contribution >= 4 is 28.2 Å². The number of benzene rings is 1. The maximum Gasteiger partial charge on any atom is 0.259 e. The molecule has 26 heavy (non-hydrogen) atoms. The third kappa shape index (κ3) is 3.43. The Morgan fingerprint density at radius 3 is 2.65 bits per heavy atom. The van der Waals surface area contributed by atoms with Gasteiger partial charge in [-0.1, -0.05) is 41.7 Å². The zero-order valence-electron chi connectivity index (χ0n) is 14.4. The van der Waals surface area contributed by atoms with Crippen LogP contribution in [0.4, 0.5) is 10.9 Å². The number of carbonyl (C=O) groups excluding carboxylic acids is 1. The van der Waals surface area contributed by atoms with Gasteiger partial charge in [-0.2, -0.15) is 0 Å². The van der Waals surface area contributed by atoms with Crippen LogP contribution in [0.5, 0.6) is 0 Å². The standard InChI is InChI=1S/C19H19N5OS/c1-24(12-19(9-10-19)15-5-3-2-4-6-15)16-8-7-14(11-20-16)17(25)22-18-23-21-13-26-18/h2-8,11,13H,9-10,12H2,1H3,(H,22,23,25). The Hall–Kier alpha value is -2.80. The van der Waals surface area contributed by atoms with Gasteiger partial charge < -0.3 is 4.90 Å². The number of nitrogens with zero attached hydrogens (tertiary/aromatic N) is 4. The van der Waals surface area contributed by atoms with Crippen molar-refractivity contribution in [3.63, 3.8) is 0 Å². The van der Waals surface area contributed by atoms with E-state index in [0.29, 0.717) is 10.7 Å². The molecule has 0 spiro atoms. The fraction of sp³-hybridized carbons (Fsp3) is 0.263. The molecule has 0 unspecified atom stereocenters. The van der Waals surface area contributed by atoms with E-state index >= 15 is 0 Å². The molecule has 6 nitrogen and oxygen atoms in total. The molecule has 1 aromatic carbocycles. The zero-order valence-corrected chi connectivity index (χ0v) is 15.2. The first kappa shape index (κ1) is 16.7. The third-order valence-electron chi connectivity index (χ3n) is 4.76. The minimum Gasteiger partial charge on any atom is -0.359 e. The van der Waals surface area contributed by atoms with Crippen LogP contribution in [0.2, 0.25) is 0 Å². The third-order valence-corrected chi connectivity index (χ3v) is 5.37. The van der Waals surface area contributed by atoms with E-state index in [1.807, 2.05) is 13.1 Å². The number of anilines is 2. The van der Waals surface area contributed by atoms with E-state index in [9.17, 15) is 4.79 Å². The van der Waals surface area contributed by atoms with E-state index in [2.05, 4.69) is 55.7 Å². The number of rotatable bonds is 6. The lowest BCUT2D eigenvalue weighted by atomic mass is 9.95. The fourth-order valence-electron chi connectivity index (χ4n) is 3.16. The predicted octanol–water partition coefficient (Wildman–Crippen LogP) is 3.35. The Bertz CT molecular complexity index is 876. The van der Waals surface area contributed by atoms with Crippen molar-refractivity contribution in [1.82, 2.24) is 15.2 Å². The molecule has 0 bridgehead atoms. The highest BCUT2D eigenvalue weighted by atomic mass is 32.1. The summed E-state index contributed by atoms with van der Waals surface area (Å²) < 4.78 is 0. The molecule has 1 aliphatic carbocycles. The number of amides is 1. The largest absolute Gasteiger partial charge is 0.359 e. The Kier molecular flexibility index (Phi) is 4.38. The van der Waals surface area contributed by atoms with Gasteiger partial charge in [0.05, 0.1) is 5.56 Å². The molecule has 1 aliphatic rings. The number of hydrogen-bond donors (Lipinski definition) is 1. The second-order valence-electron chi connectivity index (χ2n) is 6.61. The Morgan fingerprint density at radius 2 is 2.04 bits per heavy atom. The minimum atomic E-state index is -0.230. The quantitative estimate of drug-likeness (QED) is 0.725. The number of aromatic nitrogens is 3. The summed E-state index contributed by atoms with van der Waals surface area (Å²) >= 11 is 1.28. The normalized spacial score (nSPS) is 14.7. The molecule has 0 aliphatic heterocycles. The van der Waals surface area contributed by atoms with Crippen LogP contribution in [0.25, 0.3) is 0 Å². The van der Waals surface area contributed by atoms with Gasteiger partial charge in [-0.15, -0.1) is 10.2 Å². The Labute approximate surface area is 155 Å². The van der Waals surface area contributed by atoms with Crippen LogP contribution in [0, 0.1) is 0 Å². The molecule has 2 aromatic heterocycles. The maximum absolute atomic E-state index is 12.2. The minimum absolute atomic E-state index is 0.228. The first-order chi connectivity index (χ1) is 12.7. The van der Waals surface area contributed by atoms with E-state index in [1.54, 1.807) is 17.8 Å². The van der Waals surface area contributed by atoms with Gasteiger partial charge in [-0.25, -0.2) is 4.98 Å². The van der Waals surface area contributed by atoms with Gasteiger partial charge in [-0.3, -0.25) is 10.1 Å². The highest BCUT2D eigenvalue weighted by Crippen LogP contribution is 2.48. The number of likely N-dealkylation sites (N-methyl/N-ethyl adjacent to an activating group) is 1. The van der Waals surface area contributed by atoms with E-state index in [4.69, 9.17) is 0 Å². The summed E-state index contributed by atoms with van der Waals surface area (Å²) in [4.78, 5) is 18.8. The van der Waals surface area contributed by atoms with Gasteiger partial charge in [0.15, 0.2) is 0 Å². The fourth-order valence-corrected chi connectivity index (χ4v) is 3.60. The molecule has 1 fully saturated rings. The molecule has 4 rings (SSSR count). The molecular formula is C19H19N5OS. The number of pyridine rings is 1. The summed E-state index contributed by atoms with van der Waals surface area (Å²) in [6, 6.07) is 14.3. The highest BCUT2D eigenvalue weighted by molar-refractivity contribution is 7.13. The van der Waals surface area contributed by atoms with Crippen molar-refractivity contribution in [3.8, 4) is 0 Å². The monoisotopic (exact) mass is 365 g/mol. The van der Waals surface area contributed by atoms with Crippen LogP contribution in [-0.2, 0) is 5.41 Å². The van der Waals surface area contributed by atoms with Crippen molar-refractivity contribution in [3.05, 3.63) is 65.3 Å². The molecule has 1 saturated carbocycles. The number of hydrogen-bond acceptors (Lipinski definition) is 6. The van der Waals surface area contributed by atoms with Gasteiger partial charge >= 0.3 is 0 Å². The molecule has 1 N–H and O–H groups in total. The lowest BCUT2D eigenvalue weighted by Crippen LogP contribution is -2.29. The predicted molar refractivity (Wildman–Crippen MR) is 103 cm³/mol. The summed E-state index contributed by atoms with van der Waals surface area (Å²) in [5.74, 6) is 0.631. The Morgan fingerprint density at radius 1 is 1.23 bits per heavy atom. The van der Waals surface area contributed by atoms with Crippen molar-refractivity contribution < 1.29 is 4.79 Å². The van der Waals surface area contributed by atoms with Gasteiger partial charge in [0.25, 0.3) is 5.91 Å². The summed E-state index contributed by atoms with van der Waals surface area (Å²) in [5.41, 5.74) is 3.69. The lowest BCUT2D eigenvalue weighted by Gasteiger charge is -2.25. The van der Waals surface area contributed by atoms with Gasteiger partial charge in [0.2, 0.25) is 5.13 Å². The van der Waals surface area contributed by atoms with Gasteiger partial charge in [0, 0.05) is 25.2 Å². The topological polar surface area (TPSA) is 71.0 Å². The van der Waals surface area contributed by atoms with Crippen LogP contribution in [-0.4, -0.2) is 34.7 Å². The summed E-state index contributed by atoms with van der Waals surface area (Å²) in [7, 11) is 2.05. The summed E-state index contributed by atoms with van der Waals surface area (Å²) in [6.45, 7) is 0.917.